The number of rotatable bonds is 5. The van der Waals surface area contributed by atoms with Crippen LogP contribution < -0.4 is 5.32 Å². The first-order valence-electron chi connectivity index (χ1n) is 7.85. The van der Waals surface area contributed by atoms with Crippen LogP contribution in [0.4, 0.5) is 5.13 Å². The van der Waals surface area contributed by atoms with Crippen LogP contribution in [0.3, 0.4) is 0 Å². The Kier molecular flexibility index (Phi) is 5.11. The lowest BCUT2D eigenvalue weighted by Crippen LogP contribution is -2.14. The lowest BCUT2D eigenvalue weighted by Gasteiger charge is -2.20. The molecule has 0 saturated heterocycles. The summed E-state index contributed by atoms with van der Waals surface area (Å²) in [6, 6.07) is 3.77. The molecule has 22 heavy (non-hydrogen) atoms. The van der Waals surface area contributed by atoms with Gasteiger partial charge in [0.25, 0.3) is 0 Å². The van der Waals surface area contributed by atoms with Crippen molar-refractivity contribution in [3.63, 3.8) is 0 Å². The molecule has 0 spiro atoms. The molecular weight excluding hydrogens is 296 g/mol. The maximum Gasteiger partial charge on any atom is 0.226 e. The first-order valence-corrected chi connectivity index (χ1v) is 8.66. The van der Waals surface area contributed by atoms with Crippen LogP contribution in [0.15, 0.2) is 24.5 Å². The number of hydrogen-bond acceptors (Lipinski definition) is 5. The molecule has 1 saturated carbocycles. The van der Waals surface area contributed by atoms with E-state index in [9.17, 15) is 4.79 Å². The van der Waals surface area contributed by atoms with Gasteiger partial charge in [-0.1, -0.05) is 43.4 Å². The summed E-state index contributed by atoms with van der Waals surface area (Å²) in [5, 5.41) is 12.4. The highest BCUT2D eigenvalue weighted by Crippen LogP contribution is 2.28. The van der Waals surface area contributed by atoms with E-state index >= 15 is 0 Å². The molecule has 2 aromatic heterocycles. The highest BCUT2D eigenvalue weighted by atomic mass is 32.1. The molecule has 0 aliphatic heterocycles. The van der Waals surface area contributed by atoms with E-state index in [4.69, 9.17) is 0 Å². The second-order valence-corrected chi connectivity index (χ2v) is 6.72. The highest BCUT2D eigenvalue weighted by Gasteiger charge is 2.15. The van der Waals surface area contributed by atoms with Gasteiger partial charge in [-0.2, -0.15) is 0 Å². The van der Waals surface area contributed by atoms with E-state index < -0.39 is 0 Å². The van der Waals surface area contributed by atoms with Crippen molar-refractivity contribution in [1.29, 1.82) is 0 Å². The molecule has 2 aromatic rings. The normalized spacial score (nSPS) is 15.6. The van der Waals surface area contributed by atoms with E-state index in [1.165, 1.54) is 43.4 Å². The Hall–Kier alpha value is -1.82. The van der Waals surface area contributed by atoms with Crippen LogP contribution in [-0.2, 0) is 4.79 Å². The molecule has 2 heterocycles. The average molecular weight is 316 g/mol. The van der Waals surface area contributed by atoms with E-state index in [1.54, 1.807) is 12.4 Å². The smallest absolute Gasteiger partial charge is 0.226 e. The molecule has 5 nitrogen and oxygen atoms in total. The first-order chi connectivity index (χ1) is 10.8. The van der Waals surface area contributed by atoms with Crippen molar-refractivity contribution in [3.8, 4) is 10.6 Å². The van der Waals surface area contributed by atoms with Crippen LogP contribution in [0.5, 0.6) is 0 Å². The van der Waals surface area contributed by atoms with Gasteiger partial charge in [0.1, 0.15) is 5.01 Å². The third-order valence-electron chi connectivity index (χ3n) is 4.10. The molecule has 6 heteroatoms. The number of amides is 1. The zero-order chi connectivity index (χ0) is 15.2. The van der Waals surface area contributed by atoms with E-state index in [0.717, 1.165) is 22.9 Å². The van der Waals surface area contributed by atoms with Crippen molar-refractivity contribution in [2.75, 3.05) is 5.32 Å². The van der Waals surface area contributed by atoms with Gasteiger partial charge in [-0.3, -0.25) is 9.78 Å². The number of aromatic nitrogens is 3. The molecule has 0 atom stereocenters. The predicted octanol–water partition coefficient (Wildman–Crippen LogP) is 3.90. The number of hydrogen-bond donors (Lipinski definition) is 1. The third kappa shape index (κ3) is 4.10. The third-order valence-corrected chi connectivity index (χ3v) is 4.99. The van der Waals surface area contributed by atoms with Gasteiger partial charge in [-0.25, -0.2) is 0 Å². The fourth-order valence-electron chi connectivity index (χ4n) is 2.88. The summed E-state index contributed by atoms with van der Waals surface area (Å²) in [6.07, 6.45) is 11.5. The van der Waals surface area contributed by atoms with Crippen molar-refractivity contribution < 1.29 is 4.79 Å². The summed E-state index contributed by atoms with van der Waals surface area (Å²) in [7, 11) is 0. The molecule has 1 amide bonds. The van der Waals surface area contributed by atoms with E-state index in [0.29, 0.717) is 11.6 Å². The molecule has 1 aliphatic rings. The minimum atomic E-state index is 0.0444. The van der Waals surface area contributed by atoms with Crippen LogP contribution in [0.2, 0.25) is 0 Å². The number of nitrogens with zero attached hydrogens (tertiary/aromatic N) is 3. The largest absolute Gasteiger partial charge is 0.301 e. The van der Waals surface area contributed by atoms with Crippen LogP contribution in [0.1, 0.15) is 44.9 Å². The van der Waals surface area contributed by atoms with Gasteiger partial charge >= 0.3 is 0 Å². The SMILES string of the molecule is O=C(CCC1CCCCC1)Nc1nnc(-c2ccncc2)s1. The van der Waals surface area contributed by atoms with Gasteiger partial charge in [-0.15, -0.1) is 10.2 Å². The predicted molar refractivity (Wildman–Crippen MR) is 87.6 cm³/mol. The zero-order valence-corrected chi connectivity index (χ0v) is 13.3. The molecule has 3 rings (SSSR count). The molecule has 116 valence electrons. The molecule has 1 aliphatic carbocycles. The standard InChI is InChI=1S/C16H20N4OS/c21-14(7-6-12-4-2-1-3-5-12)18-16-20-19-15(22-16)13-8-10-17-11-9-13/h8-12H,1-7H2,(H,18,20,21). The first kappa shape index (κ1) is 15.1. The molecule has 0 bridgehead atoms. The number of anilines is 1. The number of nitrogens with one attached hydrogen (secondary N) is 1. The summed E-state index contributed by atoms with van der Waals surface area (Å²) >= 11 is 1.39. The van der Waals surface area contributed by atoms with Crippen LogP contribution in [-0.4, -0.2) is 21.1 Å². The van der Waals surface area contributed by atoms with E-state index in [-0.39, 0.29) is 5.91 Å². The molecule has 0 unspecified atom stereocenters. The lowest BCUT2D eigenvalue weighted by molar-refractivity contribution is -0.116. The summed E-state index contributed by atoms with van der Waals surface area (Å²) in [5.74, 6) is 0.768. The molecule has 1 fully saturated rings. The van der Waals surface area contributed by atoms with Crippen molar-refractivity contribution in [2.45, 2.75) is 44.9 Å². The van der Waals surface area contributed by atoms with Gasteiger partial charge < -0.3 is 5.32 Å². The maximum absolute atomic E-state index is 12.0. The summed E-state index contributed by atoms with van der Waals surface area (Å²) in [6.45, 7) is 0. The molecule has 0 aromatic carbocycles. The van der Waals surface area contributed by atoms with Crippen molar-refractivity contribution in [1.82, 2.24) is 15.2 Å². The van der Waals surface area contributed by atoms with Gasteiger partial charge in [0.2, 0.25) is 11.0 Å². The Morgan fingerprint density at radius 1 is 1.18 bits per heavy atom. The highest BCUT2D eigenvalue weighted by molar-refractivity contribution is 7.18. The Labute approximate surface area is 134 Å². The van der Waals surface area contributed by atoms with Crippen molar-refractivity contribution in [2.24, 2.45) is 5.92 Å². The monoisotopic (exact) mass is 316 g/mol. The second-order valence-electron chi connectivity index (χ2n) is 5.74. The van der Waals surface area contributed by atoms with E-state index in [2.05, 4.69) is 20.5 Å². The fourth-order valence-corrected chi connectivity index (χ4v) is 3.64. The van der Waals surface area contributed by atoms with E-state index in [1.807, 2.05) is 12.1 Å². The molecule has 1 N–H and O–H groups in total. The average Bonchev–Trinajstić information content (AvgIpc) is 3.03. The Morgan fingerprint density at radius 2 is 1.95 bits per heavy atom. The fraction of sp³-hybridized carbons (Fsp3) is 0.500. The lowest BCUT2D eigenvalue weighted by atomic mass is 9.86. The van der Waals surface area contributed by atoms with Gasteiger partial charge in [0.05, 0.1) is 0 Å². The molecular formula is C16H20N4OS. The second kappa shape index (κ2) is 7.45. The Bertz CT molecular complexity index is 608. The van der Waals surface area contributed by atoms with Crippen LogP contribution in [0.25, 0.3) is 10.6 Å². The van der Waals surface area contributed by atoms with Gasteiger partial charge in [0, 0.05) is 24.4 Å². The maximum atomic E-state index is 12.0. The number of carbonyl (C=O) groups is 1. The Balaban J connectivity index is 1.50. The van der Waals surface area contributed by atoms with Crippen LogP contribution >= 0.6 is 11.3 Å². The van der Waals surface area contributed by atoms with Crippen molar-refractivity contribution in [3.05, 3.63) is 24.5 Å². The van der Waals surface area contributed by atoms with Gasteiger partial charge in [-0.05, 0) is 24.5 Å². The zero-order valence-electron chi connectivity index (χ0n) is 12.5. The number of pyridine rings is 1. The minimum absolute atomic E-state index is 0.0444. The quantitative estimate of drug-likeness (QED) is 0.908. The number of carbonyl (C=O) groups excluding carboxylic acids is 1. The van der Waals surface area contributed by atoms with Crippen LogP contribution in [0, 0.1) is 5.92 Å². The van der Waals surface area contributed by atoms with Gasteiger partial charge in [0.15, 0.2) is 0 Å². The molecule has 0 radical (unpaired) electrons. The summed E-state index contributed by atoms with van der Waals surface area (Å²) < 4.78 is 0. The summed E-state index contributed by atoms with van der Waals surface area (Å²) in [4.78, 5) is 16.0. The minimum Gasteiger partial charge on any atom is -0.301 e. The topological polar surface area (TPSA) is 67.8 Å². The summed E-state index contributed by atoms with van der Waals surface area (Å²) in [5.41, 5.74) is 0.968. The van der Waals surface area contributed by atoms with Crippen molar-refractivity contribution >= 4 is 22.4 Å². The Morgan fingerprint density at radius 3 is 2.73 bits per heavy atom.